The van der Waals surface area contributed by atoms with E-state index in [0.717, 1.165) is 21.2 Å². The van der Waals surface area contributed by atoms with Crippen LogP contribution >= 0.6 is 22.6 Å². The van der Waals surface area contributed by atoms with Gasteiger partial charge in [0.15, 0.2) is 0 Å². The van der Waals surface area contributed by atoms with Gasteiger partial charge in [-0.15, -0.1) is 0 Å². The molecule has 6 rings (SSSR count). The number of fused-ring (bicyclic) bond motifs is 5. The van der Waals surface area contributed by atoms with E-state index in [9.17, 15) is 9.59 Å². The highest BCUT2D eigenvalue weighted by Crippen LogP contribution is 2.64. The minimum absolute atomic E-state index is 0.0302. The van der Waals surface area contributed by atoms with Gasteiger partial charge in [-0.2, -0.15) is 0 Å². The highest BCUT2D eigenvalue weighted by Gasteiger charge is 2.64. The minimum atomic E-state index is -0.270. The predicted molar refractivity (Wildman–Crippen MR) is 135 cm³/mol. The Hall–Kier alpha value is -2.73. The summed E-state index contributed by atoms with van der Waals surface area (Å²) in [5.41, 5.74) is 6.54. The van der Waals surface area contributed by atoms with Gasteiger partial charge in [0.1, 0.15) is 0 Å². The van der Waals surface area contributed by atoms with Crippen molar-refractivity contribution in [3.05, 3.63) is 99.1 Å². The zero-order valence-corrected chi connectivity index (χ0v) is 19.8. The van der Waals surface area contributed by atoms with E-state index in [4.69, 9.17) is 0 Å². The van der Waals surface area contributed by atoms with Crippen LogP contribution < -0.4 is 4.90 Å². The van der Waals surface area contributed by atoms with Crippen LogP contribution in [0.1, 0.15) is 23.1 Å². The molecule has 1 saturated carbocycles. The lowest BCUT2D eigenvalue weighted by molar-refractivity contribution is -0.123. The first-order valence-electron chi connectivity index (χ1n) is 11.0. The topological polar surface area (TPSA) is 37.4 Å². The molecule has 2 bridgehead atoms. The third-order valence-corrected chi connectivity index (χ3v) is 8.04. The Balaban J connectivity index is 1.49. The molecule has 3 aromatic rings. The highest BCUT2D eigenvalue weighted by molar-refractivity contribution is 14.1. The van der Waals surface area contributed by atoms with Gasteiger partial charge in [-0.25, -0.2) is 4.90 Å². The first-order chi connectivity index (χ1) is 15.6. The van der Waals surface area contributed by atoms with Gasteiger partial charge in [-0.05, 0) is 93.8 Å². The average Bonchev–Trinajstić information content (AvgIpc) is 3.45. The summed E-state index contributed by atoms with van der Waals surface area (Å²) >= 11 is 2.26. The van der Waals surface area contributed by atoms with Gasteiger partial charge in [0.05, 0.1) is 17.5 Å². The lowest BCUT2D eigenvalue weighted by Gasteiger charge is -2.27. The number of amides is 2. The fourth-order valence-corrected chi connectivity index (χ4v) is 6.85. The Morgan fingerprint density at radius 2 is 1.25 bits per heavy atom. The number of imide groups is 1. The summed E-state index contributed by atoms with van der Waals surface area (Å²) in [6.07, 6.45) is 0.876. The summed E-state index contributed by atoms with van der Waals surface area (Å²) in [7, 11) is 0. The summed E-state index contributed by atoms with van der Waals surface area (Å²) in [6, 6.07) is 26.7. The molecule has 1 saturated heterocycles. The smallest absolute Gasteiger partial charge is 0.238 e. The van der Waals surface area contributed by atoms with Crippen molar-refractivity contribution in [2.24, 2.45) is 23.7 Å². The van der Waals surface area contributed by atoms with Crippen molar-refractivity contribution in [3.63, 3.8) is 0 Å². The molecule has 3 aliphatic rings. The van der Waals surface area contributed by atoms with Gasteiger partial charge in [-0.1, -0.05) is 60.7 Å². The van der Waals surface area contributed by atoms with Crippen molar-refractivity contribution >= 4 is 51.2 Å². The molecular formula is C28H22INO2. The van der Waals surface area contributed by atoms with Gasteiger partial charge in [-0.3, -0.25) is 9.59 Å². The lowest BCUT2D eigenvalue weighted by Crippen LogP contribution is -2.33. The van der Waals surface area contributed by atoms with E-state index >= 15 is 0 Å². The number of anilines is 1. The van der Waals surface area contributed by atoms with Gasteiger partial charge in [0.2, 0.25) is 11.8 Å². The molecule has 158 valence electrons. The molecule has 3 nitrogen and oxygen atoms in total. The molecule has 1 heterocycles. The summed E-state index contributed by atoms with van der Waals surface area (Å²) in [4.78, 5) is 28.9. The number of carbonyl (C=O) groups is 2. The summed E-state index contributed by atoms with van der Waals surface area (Å²) in [5, 5.41) is 0. The van der Waals surface area contributed by atoms with E-state index < -0.39 is 0 Å². The molecule has 3 aromatic carbocycles. The van der Waals surface area contributed by atoms with Crippen LogP contribution in [0.3, 0.4) is 0 Å². The Kier molecular flexibility index (Phi) is 4.61. The molecule has 0 aromatic heterocycles. The van der Waals surface area contributed by atoms with Gasteiger partial charge < -0.3 is 0 Å². The zero-order chi connectivity index (χ0) is 22.0. The SMILES string of the molecule is Cc1cc(I)ccc1N1C(=O)[C@@H]2[C@@H](C1=O)[C@@H]1C[C@@H]2C(c2ccccc2)=C1c1ccccc1. The fraction of sp³-hybridized carbons (Fsp3) is 0.214. The maximum Gasteiger partial charge on any atom is 0.238 e. The number of halogens is 1. The van der Waals surface area contributed by atoms with Crippen molar-refractivity contribution in [2.75, 3.05) is 4.90 Å². The van der Waals surface area contributed by atoms with Crippen molar-refractivity contribution < 1.29 is 9.59 Å². The van der Waals surface area contributed by atoms with E-state index in [-0.39, 0.29) is 35.5 Å². The zero-order valence-electron chi connectivity index (χ0n) is 17.7. The molecule has 0 radical (unpaired) electrons. The minimum Gasteiger partial charge on any atom is -0.274 e. The van der Waals surface area contributed by atoms with E-state index in [1.54, 1.807) is 0 Å². The van der Waals surface area contributed by atoms with Crippen molar-refractivity contribution in [2.45, 2.75) is 13.3 Å². The van der Waals surface area contributed by atoms with Crippen LogP contribution in [-0.4, -0.2) is 11.8 Å². The highest BCUT2D eigenvalue weighted by atomic mass is 127. The number of carbonyl (C=O) groups excluding carboxylic acids is 2. The molecule has 1 aliphatic heterocycles. The van der Waals surface area contributed by atoms with Crippen LogP contribution in [0.5, 0.6) is 0 Å². The predicted octanol–water partition coefficient (Wildman–Crippen LogP) is 5.97. The van der Waals surface area contributed by atoms with Gasteiger partial charge in [0, 0.05) is 3.57 Å². The average molecular weight is 531 g/mol. The van der Waals surface area contributed by atoms with E-state index in [2.05, 4.69) is 71.1 Å². The summed E-state index contributed by atoms with van der Waals surface area (Å²) < 4.78 is 1.10. The molecule has 0 N–H and O–H groups in total. The molecule has 2 fully saturated rings. The Bertz CT molecular complexity index is 1210. The van der Waals surface area contributed by atoms with E-state index in [1.165, 1.54) is 27.2 Å². The molecule has 0 spiro atoms. The van der Waals surface area contributed by atoms with Crippen LogP contribution in [0.15, 0.2) is 78.9 Å². The first kappa shape index (κ1) is 19.9. The van der Waals surface area contributed by atoms with Crippen LogP contribution in [0, 0.1) is 34.2 Å². The Morgan fingerprint density at radius 1 is 0.750 bits per heavy atom. The fourth-order valence-electron chi connectivity index (χ4n) is 6.20. The number of nitrogens with zero attached hydrogens (tertiary/aromatic N) is 1. The molecule has 32 heavy (non-hydrogen) atoms. The number of hydrogen-bond donors (Lipinski definition) is 0. The monoisotopic (exact) mass is 531 g/mol. The lowest BCUT2D eigenvalue weighted by atomic mass is 9.73. The second kappa shape index (κ2) is 7.41. The standard InChI is InChI=1S/C28H22INO2/c1-16-14-19(29)12-13-22(16)30-27(31)25-20-15-21(26(25)28(30)32)24(18-10-6-3-7-11-18)23(20)17-8-4-2-5-9-17/h2-14,20-21,25-26H,15H2,1H3/t20-,21-,25+,26+/m1/s1. The third kappa shape index (κ3) is 2.78. The number of hydrogen-bond acceptors (Lipinski definition) is 2. The molecule has 0 unspecified atom stereocenters. The second-order valence-corrected chi connectivity index (χ2v) is 10.2. The Labute approximate surface area is 201 Å². The molecule has 2 aliphatic carbocycles. The number of aryl methyl sites for hydroxylation is 1. The molecule has 2 amide bonds. The summed E-state index contributed by atoms with van der Waals surface area (Å²) in [6.45, 7) is 1.98. The van der Waals surface area contributed by atoms with Crippen LogP contribution in [0.25, 0.3) is 11.1 Å². The second-order valence-electron chi connectivity index (χ2n) is 9.00. The van der Waals surface area contributed by atoms with Gasteiger partial charge >= 0.3 is 0 Å². The van der Waals surface area contributed by atoms with Gasteiger partial charge in [0.25, 0.3) is 0 Å². The summed E-state index contributed by atoms with van der Waals surface area (Å²) in [5.74, 6) is -0.446. The van der Waals surface area contributed by atoms with E-state index in [1.807, 2.05) is 37.3 Å². The Morgan fingerprint density at radius 3 is 1.72 bits per heavy atom. The largest absolute Gasteiger partial charge is 0.274 e. The number of rotatable bonds is 3. The third-order valence-electron chi connectivity index (χ3n) is 7.37. The molecule has 4 heteroatoms. The number of allylic oxidation sites excluding steroid dienone is 2. The van der Waals surface area contributed by atoms with Crippen LogP contribution in [0.4, 0.5) is 5.69 Å². The van der Waals surface area contributed by atoms with Crippen LogP contribution in [-0.2, 0) is 9.59 Å². The maximum absolute atomic E-state index is 13.7. The maximum atomic E-state index is 13.7. The number of benzene rings is 3. The quantitative estimate of drug-likeness (QED) is 0.309. The molecule has 4 atom stereocenters. The molecular weight excluding hydrogens is 509 g/mol. The van der Waals surface area contributed by atoms with Crippen molar-refractivity contribution in [3.8, 4) is 0 Å². The van der Waals surface area contributed by atoms with Crippen LogP contribution in [0.2, 0.25) is 0 Å². The normalized spacial score (nSPS) is 26.2. The van der Waals surface area contributed by atoms with Crippen molar-refractivity contribution in [1.29, 1.82) is 0 Å². The van der Waals surface area contributed by atoms with E-state index in [0.29, 0.717) is 0 Å². The van der Waals surface area contributed by atoms with Crippen molar-refractivity contribution in [1.82, 2.24) is 0 Å². The first-order valence-corrected chi connectivity index (χ1v) is 12.1.